The van der Waals surface area contributed by atoms with E-state index in [0.717, 1.165) is 9.21 Å². The Morgan fingerprint density at radius 2 is 2.17 bits per heavy atom. The molecule has 5 heteroatoms. The van der Waals surface area contributed by atoms with Gasteiger partial charge in [-0.2, -0.15) is 0 Å². The molecule has 1 heterocycles. The summed E-state index contributed by atoms with van der Waals surface area (Å²) >= 11 is 7.31. The van der Waals surface area contributed by atoms with Crippen LogP contribution in [0.4, 0.5) is 4.39 Å². The summed E-state index contributed by atoms with van der Waals surface area (Å²) in [6.45, 7) is 1.02. The SMILES string of the molecule is OC(CNCc1ccc(Cl)s1)c1cccc(F)c1. The number of aliphatic hydroxyl groups is 1. The summed E-state index contributed by atoms with van der Waals surface area (Å²) in [4.78, 5) is 1.10. The molecule has 0 aliphatic carbocycles. The molecule has 0 fully saturated rings. The zero-order chi connectivity index (χ0) is 13.0. The fraction of sp³-hybridized carbons (Fsp3) is 0.231. The van der Waals surface area contributed by atoms with Crippen LogP contribution in [0, 0.1) is 5.82 Å². The van der Waals surface area contributed by atoms with E-state index in [-0.39, 0.29) is 5.82 Å². The molecule has 0 aliphatic rings. The molecule has 0 radical (unpaired) electrons. The van der Waals surface area contributed by atoms with Gasteiger partial charge in [0.2, 0.25) is 0 Å². The second-order valence-corrected chi connectivity index (χ2v) is 5.71. The van der Waals surface area contributed by atoms with Crippen molar-refractivity contribution in [2.45, 2.75) is 12.6 Å². The molecular weight excluding hydrogens is 273 g/mol. The van der Waals surface area contributed by atoms with Gasteiger partial charge in [0.1, 0.15) is 5.82 Å². The zero-order valence-electron chi connectivity index (χ0n) is 9.57. The molecule has 2 rings (SSSR count). The Bertz CT molecular complexity index is 517. The Hall–Kier alpha value is -0.940. The number of rotatable bonds is 5. The van der Waals surface area contributed by atoms with Gasteiger partial charge in [-0.1, -0.05) is 23.7 Å². The highest BCUT2D eigenvalue weighted by molar-refractivity contribution is 7.16. The summed E-state index contributed by atoms with van der Waals surface area (Å²) in [7, 11) is 0. The van der Waals surface area contributed by atoms with Gasteiger partial charge >= 0.3 is 0 Å². The first kappa shape index (κ1) is 13.5. The molecule has 96 valence electrons. The molecule has 2 N–H and O–H groups in total. The van der Waals surface area contributed by atoms with E-state index >= 15 is 0 Å². The van der Waals surface area contributed by atoms with Crippen molar-refractivity contribution in [1.29, 1.82) is 0 Å². The minimum atomic E-state index is -0.712. The average Bonchev–Trinajstić information content (AvgIpc) is 2.75. The van der Waals surface area contributed by atoms with E-state index in [1.807, 2.05) is 12.1 Å². The summed E-state index contributed by atoms with van der Waals surface area (Å²) in [6, 6.07) is 9.77. The number of nitrogens with one attached hydrogen (secondary N) is 1. The number of benzene rings is 1. The first-order valence-corrected chi connectivity index (χ1v) is 6.73. The third-order valence-electron chi connectivity index (χ3n) is 2.50. The van der Waals surface area contributed by atoms with E-state index in [1.165, 1.54) is 23.5 Å². The predicted molar refractivity (Wildman–Crippen MR) is 72.4 cm³/mol. The summed E-state index contributed by atoms with van der Waals surface area (Å²) in [5.74, 6) is -0.336. The summed E-state index contributed by atoms with van der Waals surface area (Å²) in [6.07, 6.45) is -0.712. The number of hydrogen-bond donors (Lipinski definition) is 2. The quantitative estimate of drug-likeness (QED) is 0.883. The van der Waals surface area contributed by atoms with Crippen molar-refractivity contribution in [3.8, 4) is 0 Å². The van der Waals surface area contributed by atoms with Crippen LogP contribution in [0.1, 0.15) is 16.5 Å². The molecule has 0 saturated carbocycles. The molecule has 0 spiro atoms. The van der Waals surface area contributed by atoms with E-state index in [0.29, 0.717) is 18.7 Å². The zero-order valence-corrected chi connectivity index (χ0v) is 11.1. The van der Waals surface area contributed by atoms with Gasteiger partial charge in [-0.3, -0.25) is 0 Å². The second-order valence-electron chi connectivity index (χ2n) is 3.91. The molecule has 1 aromatic carbocycles. The summed E-state index contributed by atoms with van der Waals surface area (Å²) in [5, 5.41) is 13.0. The Kier molecular flexibility index (Phi) is 4.72. The van der Waals surface area contributed by atoms with E-state index in [2.05, 4.69) is 5.32 Å². The maximum atomic E-state index is 13.0. The van der Waals surface area contributed by atoms with Crippen LogP contribution < -0.4 is 5.32 Å². The van der Waals surface area contributed by atoms with Crippen LogP contribution in [-0.2, 0) is 6.54 Å². The Morgan fingerprint density at radius 1 is 1.33 bits per heavy atom. The van der Waals surface area contributed by atoms with Crippen LogP contribution in [0.15, 0.2) is 36.4 Å². The molecule has 2 nitrogen and oxygen atoms in total. The third-order valence-corrected chi connectivity index (χ3v) is 3.73. The van der Waals surface area contributed by atoms with Gasteiger partial charge in [0.05, 0.1) is 10.4 Å². The Balaban J connectivity index is 1.83. The minimum Gasteiger partial charge on any atom is -0.387 e. The average molecular weight is 286 g/mol. The van der Waals surface area contributed by atoms with E-state index in [4.69, 9.17) is 11.6 Å². The standard InChI is InChI=1S/C13H13ClFNOS/c14-13-5-4-11(18-13)7-16-8-12(17)9-2-1-3-10(15)6-9/h1-6,12,16-17H,7-8H2. The number of hydrogen-bond acceptors (Lipinski definition) is 3. The van der Waals surface area contributed by atoms with Gasteiger partial charge in [-0.25, -0.2) is 4.39 Å². The Morgan fingerprint density at radius 3 is 2.83 bits per heavy atom. The van der Waals surface area contributed by atoms with Gasteiger partial charge in [0.25, 0.3) is 0 Å². The summed E-state index contributed by atoms with van der Waals surface area (Å²) in [5.41, 5.74) is 0.576. The molecule has 0 bridgehead atoms. The molecule has 18 heavy (non-hydrogen) atoms. The maximum absolute atomic E-state index is 13.0. The van der Waals surface area contributed by atoms with Crippen molar-refractivity contribution < 1.29 is 9.50 Å². The number of aliphatic hydroxyl groups excluding tert-OH is 1. The van der Waals surface area contributed by atoms with Gasteiger partial charge in [-0.05, 0) is 29.8 Å². The van der Waals surface area contributed by atoms with Crippen LogP contribution in [0.2, 0.25) is 4.34 Å². The van der Waals surface area contributed by atoms with Crippen molar-refractivity contribution in [3.63, 3.8) is 0 Å². The smallest absolute Gasteiger partial charge is 0.123 e. The highest BCUT2D eigenvalue weighted by atomic mass is 35.5. The normalized spacial score (nSPS) is 12.6. The van der Waals surface area contributed by atoms with Gasteiger partial charge in [0, 0.05) is 18.0 Å². The Labute approximate surface area is 114 Å². The molecule has 1 atom stereocenters. The second kappa shape index (κ2) is 6.29. The van der Waals surface area contributed by atoms with Crippen LogP contribution in [-0.4, -0.2) is 11.7 Å². The van der Waals surface area contributed by atoms with Crippen molar-refractivity contribution in [3.05, 3.63) is 57.0 Å². The molecular formula is C13H13ClFNOS. The monoisotopic (exact) mass is 285 g/mol. The van der Waals surface area contributed by atoms with E-state index < -0.39 is 6.10 Å². The van der Waals surface area contributed by atoms with E-state index in [1.54, 1.807) is 12.1 Å². The predicted octanol–water partition coefficient (Wildman–Crippen LogP) is 3.36. The minimum absolute atomic E-state index is 0.336. The number of halogens is 2. The fourth-order valence-corrected chi connectivity index (χ4v) is 2.67. The lowest BCUT2D eigenvalue weighted by atomic mass is 10.1. The molecule has 0 aliphatic heterocycles. The molecule has 0 amide bonds. The third kappa shape index (κ3) is 3.78. The first-order valence-electron chi connectivity index (χ1n) is 5.53. The largest absolute Gasteiger partial charge is 0.387 e. The van der Waals surface area contributed by atoms with Crippen molar-refractivity contribution >= 4 is 22.9 Å². The first-order chi connectivity index (χ1) is 8.65. The van der Waals surface area contributed by atoms with E-state index in [9.17, 15) is 9.50 Å². The maximum Gasteiger partial charge on any atom is 0.123 e. The van der Waals surface area contributed by atoms with Gasteiger partial charge in [-0.15, -0.1) is 11.3 Å². The molecule has 2 aromatic rings. The molecule has 1 unspecified atom stereocenters. The van der Waals surface area contributed by atoms with Crippen molar-refractivity contribution in [2.24, 2.45) is 0 Å². The van der Waals surface area contributed by atoms with Crippen LogP contribution in [0.3, 0.4) is 0 Å². The topological polar surface area (TPSA) is 32.3 Å². The highest BCUT2D eigenvalue weighted by Gasteiger charge is 2.08. The fourth-order valence-electron chi connectivity index (χ4n) is 1.61. The van der Waals surface area contributed by atoms with Crippen LogP contribution in [0.5, 0.6) is 0 Å². The summed E-state index contributed by atoms with van der Waals surface area (Å²) < 4.78 is 13.7. The molecule has 1 aromatic heterocycles. The highest BCUT2D eigenvalue weighted by Crippen LogP contribution is 2.21. The molecule has 0 saturated heterocycles. The number of thiophene rings is 1. The lowest BCUT2D eigenvalue weighted by Crippen LogP contribution is -2.20. The lowest BCUT2D eigenvalue weighted by Gasteiger charge is -2.11. The van der Waals surface area contributed by atoms with Crippen molar-refractivity contribution in [1.82, 2.24) is 5.32 Å². The van der Waals surface area contributed by atoms with Crippen molar-refractivity contribution in [2.75, 3.05) is 6.54 Å². The lowest BCUT2D eigenvalue weighted by molar-refractivity contribution is 0.174. The van der Waals surface area contributed by atoms with Gasteiger partial charge in [0.15, 0.2) is 0 Å². The van der Waals surface area contributed by atoms with Crippen LogP contribution >= 0.6 is 22.9 Å². The van der Waals surface area contributed by atoms with Crippen LogP contribution in [0.25, 0.3) is 0 Å². The van der Waals surface area contributed by atoms with Gasteiger partial charge < -0.3 is 10.4 Å².